The van der Waals surface area contributed by atoms with E-state index >= 15 is 0 Å². The molecule has 0 saturated carbocycles. The van der Waals surface area contributed by atoms with E-state index in [4.69, 9.17) is 28.9 Å². The zero-order valence-corrected chi connectivity index (χ0v) is 12.6. The minimum atomic E-state index is -0.248. The first-order valence-corrected chi connectivity index (χ1v) is 7.19. The summed E-state index contributed by atoms with van der Waals surface area (Å²) >= 11 is 12.5. The van der Waals surface area contributed by atoms with Gasteiger partial charge >= 0.3 is 0 Å². The summed E-state index contributed by atoms with van der Waals surface area (Å²) < 4.78 is 0. The maximum atomic E-state index is 12.2. The molecule has 1 amide bonds. The molecule has 0 bridgehead atoms. The van der Waals surface area contributed by atoms with Crippen molar-refractivity contribution in [2.45, 2.75) is 44.8 Å². The molecule has 1 aliphatic rings. The fourth-order valence-corrected chi connectivity index (χ4v) is 3.32. The molecule has 2 rings (SSSR count). The highest BCUT2D eigenvalue weighted by atomic mass is 35.5. The van der Waals surface area contributed by atoms with E-state index < -0.39 is 0 Å². The summed E-state index contributed by atoms with van der Waals surface area (Å²) in [5.74, 6) is 0.109. The zero-order chi connectivity index (χ0) is 14.2. The molecule has 2 unspecified atom stereocenters. The molecule has 1 fully saturated rings. The largest absolute Gasteiger partial charge is 0.332 e. The van der Waals surface area contributed by atoms with E-state index in [1.54, 1.807) is 23.1 Å². The lowest BCUT2D eigenvalue weighted by atomic mass is 9.89. The van der Waals surface area contributed by atoms with Gasteiger partial charge in [-0.05, 0) is 32.4 Å². The van der Waals surface area contributed by atoms with Gasteiger partial charge in [-0.2, -0.15) is 0 Å². The molecule has 3 nitrogen and oxygen atoms in total. The summed E-state index contributed by atoms with van der Waals surface area (Å²) in [6.07, 6.45) is 1.15. The molecule has 1 saturated heterocycles. The van der Waals surface area contributed by atoms with E-state index in [0.29, 0.717) is 22.9 Å². The first-order valence-electron chi connectivity index (χ1n) is 6.44. The molecule has 1 aromatic carbocycles. The molecule has 104 valence electrons. The van der Waals surface area contributed by atoms with Crippen LogP contribution in [-0.2, 0) is 4.79 Å². The van der Waals surface area contributed by atoms with E-state index in [1.807, 2.05) is 13.8 Å². The van der Waals surface area contributed by atoms with Gasteiger partial charge in [0, 0.05) is 34.1 Å². The number of amides is 1. The molecule has 0 radical (unpaired) electrons. The smallest absolute Gasteiger partial charge is 0.223 e. The highest BCUT2D eigenvalue weighted by Gasteiger charge is 2.38. The number of piperidine rings is 1. The van der Waals surface area contributed by atoms with Crippen molar-refractivity contribution >= 4 is 29.1 Å². The minimum Gasteiger partial charge on any atom is -0.332 e. The number of carbonyl (C=O) groups is 1. The maximum absolute atomic E-state index is 12.2. The highest BCUT2D eigenvalue weighted by molar-refractivity contribution is 6.36. The SMILES string of the molecule is CC(C)N1C(=O)CCC(N)C1c1c(Cl)cccc1Cl. The molecular formula is C14H18Cl2N2O. The first-order chi connectivity index (χ1) is 8.93. The molecule has 2 atom stereocenters. The van der Waals surface area contributed by atoms with Crippen molar-refractivity contribution in [3.8, 4) is 0 Å². The normalized spacial score (nSPS) is 24.1. The van der Waals surface area contributed by atoms with Gasteiger partial charge in [0.25, 0.3) is 0 Å². The van der Waals surface area contributed by atoms with Gasteiger partial charge in [0.05, 0.1) is 6.04 Å². The average molecular weight is 301 g/mol. The number of halogens is 2. The van der Waals surface area contributed by atoms with Gasteiger partial charge in [0.15, 0.2) is 0 Å². The Morgan fingerprint density at radius 2 is 1.89 bits per heavy atom. The summed E-state index contributed by atoms with van der Waals surface area (Å²) in [7, 11) is 0. The van der Waals surface area contributed by atoms with Gasteiger partial charge in [-0.15, -0.1) is 0 Å². The van der Waals surface area contributed by atoms with E-state index in [2.05, 4.69) is 0 Å². The Morgan fingerprint density at radius 3 is 2.42 bits per heavy atom. The third kappa shape index (κ3) is 2.73. The van der Waals surface area contributed by atoms with Gasteiger partial charge in [0.1, 0.15) is 0 Å². The Balaban J connectivity index is 2.51. The second-order valence-corrected chi connectivity index (χ2v) is 5.99. The molecule has 1 heterocycles. The molecule has 1 aliphatic heterocycles. The topological polar surface area (TPSA) is 46.3 Å². The van der Waals surface area contributed by atoms with Crippen molar-refractivity contribution in [3.63, 3.8) is 0 Å². The summed E-state index contributed by atoms with van der Waals surface area (Å²) in [4.78, 5) is 14.0. The fraction of sp³-hybridized carbons (Fsp3) is 0.500. The summed E-state index contributed by atoms with van der Waals surface area (Å²) in [6.45, 7) is 3.96. The number of carbonyl (C=O) groups excluding carboxylic acids is 1. The molecule has 5 heteroatoms. The zero-order valence-electron chi connectivity index (χ0n) is 11.1. The lowest BCUT2D eigenvalue weighted by Crippen LogP contribution is -2.51. The molecule has 0 aliphatic carbocycles. The summed E-state index contributed by atoms with van der Waals surface area (Å²) in [5, 5.41) is 1.13. The summed E-state index contributed by atoms with van der Waals surface area (Å²) in [5.41, 5.74) is 6.99. The van der Waals surface area contributed by atoms with Crippen LogP contribution in [0.15, 0.2) is 18.2 Å². The standard InChI is InChI=1S/C14H18Cl2N2O/c1-8(2)18-12(19)7-6-11(17)14(18)13-9(15)4-3-5-10(13)16/h3-5,8,11,14H,6-7,17H2,1-2H3. The van der Waals surface area contributed by atoms with Crippen LogP contribution in [0.5, 0.6) is 0 Å². The van der Waals surface area contributed by atoms with Crippen molar-refractivity contribution < 1.29 is 4.79 Å². The van der Waals surface area contributed by atoms with Crippen LogP contribution in [0.25, 0.3) is 0 Å². The quantitative estimate of drug-likeness (QED) is 0.910. The van der Waals surface area contributed by atoms with Gasteiger partial charge < -0.3 is 10.6 Å². The van der Waals surface area contributed by atoms with Gasteiger partial charge in [-0.3, -0.25) is 4.79 Å². The maximum Gasteiger partial charge on any atom is 0.223 e. The van der Waals surface area contributed by atoms with E-state index in [-0.39, 0.29) is 24.0 Å². The Kier molecular flexibility index (Phi) is 4.39. The second kappa shape index (κ2) is 5.70. The van der Waals surface area contributed by atoms with Gasteiger partial charge in [-0.25, -0.2) is 0 Å². The van der Waals surface area contributed by atoms with Crippen LogP contribution in [0, 0.1) is 0 Å². The number of hydrogen-bond acceptors (Lipinski definition) is 2. The molecule has 19 heavy (non-hydrogen) atoms. The fourth-order valence-electron chi connectivity index (χ4n) is 2.69. The number of hydrogen-bond donors (Lipinski definition) is 1. The van der Waals surface area contributed by atoms with Crippen LogP contribution in [0.4, 0.5) is 0 Å². The van der Waals surface area contributed by atoms with Crippen molar-refractivity contribution in [3.05, 3.63) is 33.8 Å². The van der Waals surface area contributed by atoms with E-state index in [9.17, 15) is 4.79 Å². The predicted octanol–water partition coefficient (Wildman–Crippen LogP) is 3.39. The van der Waals surface area contributed by atoms with Crippen molar-refractivity contribution in [1.82, 2.24) is 4.90 Å². The van der Waals surface area contributed by atoms with Crippen molar-refractivity contribution in [2.75, 3.05) is 0 Å². The minimum absolute atomic E-state index is 0.0659. The van der Waals surface area contributed by atoms with Crippen LogP contribution in [0.2, 0.25) is 10.0 Å². The van der Waals surface area contributed by atoms with Crippen LogP contribution in [-0.4, -0.2) is 22.9 Å². The van der Waals surface area contributed by atoms with Gasteiger partial charge in [0.2, 0.25) is 5.91 Å². The van der Waals surface area contributed by atoms with Crippen molar-refractivity contribution in [2.24, 2.45) is 5.73 Å². The van der Waals surface area contributed by atoms with Gasteiger partial charge in [-0.1, -0.05) is 29.3 Å². The Labute approximate surface area is 123 Å². The monoisotopic (exact) mass is 300 g/mol. The third-order valence-corrected chi connectivity index (χ3v) is 4.20. The van der Waals surface area contributed by atoms with Crippen molar-refractivity contribution in [1.29, 1.82) is 0 Å². The number of nitrogens with zero attached hydrogens (tertiary/aromatic N) is 1. The molecule has 1 aromatic rings. The molecule has 0 aromatic heterocycles. The number of likely N-dealkylation sites (tertiary alicyclic amines) is 1. The Morgan fingerprint density at radius 1 is 1.32 bits per heavy atom. The molecular weight excluding hydrogens is 283 g/mol. The van der Waals surface area contributed by atoms with Crippen LogP contribution >= 0.6 is 23.2 Å². The predicted molar refractivity (Wildman–Crippen MR) is 78.4 cm³/mol. The first kappa shape index (κ1) is 14.6. The van der Waals surface area contributed by atoms with E-state index in [1.165, 1.54) is 0 Å². The second-order valence-electron chi connectivity index (χ2n) is 5.18. The highest BCUT2D eigenvalue weighted by Crippen LogP contribution is 2.39. The molecule has 2 N–H and O–H groups in total. The Bertz CT molecular complexity index is 470. The van der Waals surface area contributed by atoms with E-state index in [0.717, 1.165) is 5.56 Å². The van der Waals surface area contributed by atoms with Crippen LogP contribution in [0.3, 0.4) is 0 Å². The lowest BCUT2D eigenvalue weighted by Gasteiger charge is -2.43. The Hall–Kier alpha value is -0.770. The summed E-state index contributed by atoms with van der Waals surface area (Å²) in [6, 6.07) is 5.04. The third-order valence-electron chi connectivity index (χ3n) is 3.54. The van der Waals surface area contributed by atoms with Crippen LogP contribution in [0.1, 0.15) is 38.3 Å². The number of benzene rings is 1. The number of rotatable bonds is 2. The number of nitrogens with two attached hydrogens (primary N) is 1. The molecule has 0 spiro atoms. The lowest BCUT2D eigenvalue weighted by molar-refractivity contribution is -0.139. The van der Waals surface area contributed by atoms with Crippen LogP contribution < -0.4 is 5.73 Å². The average Bonchev–Trinajstić information content (AvgIpc) is 2.32.